The molecular weight excluding hydrogens is 312 g/mol. The zero-order valence-electron chi connectivity index (χ0n) is 16.0. The van der Waals surface area contributed by atoms with E-state index >= 15 is 0 Å². The molecule has 0 spiro atoms. The number of piperidine rings is 1. The fourth-order valence-corrected chi connectivity index (χ4v) is 3.95. The standard InChI is InChI=1S/C21H32N2O2/c1-16-7-8-17(2)19(13-16)20-14-23(18(3)15-25-20)12-9-21(24)22-10-5-4-6-11-22/h7-8,13,18,20H,4-6,9-12,14-15H2,1-3H3. The normalized spacial score (nSPS) is 25.2. The van der Waals surface area contributed by atoms with Crippen LogP contribution in [0.4, 0.5) is 0 Å². The minimum absolute atomic E-state index is 0.112. The number of rotatable bonds is 4. The van der Waals surface area contributed by atoms with Crippen molar-refractivity contribution < 1.29 is 9.53 Å². The van der Waals surface area contributed by atoms with Gasteiger partial charge in [0.05, 0.1) is 12.7 Å². The van der Waals surface area contributed by atoms with Gasteiger partial charge in [-0.1, -0.05) is 23.8 Å². The Kier molecular flexibility index (Phi) is 6.13. The fraction of sp³-hybridized carbons (Fsp3) is 0.667. The van der Waals surface area contributed by atoms with E-state index in [1.54, 1.807) is 0 Å². The molecule has 1 aromatic rings. The third-order valence-corrected chi connectivity index (χ3v) is 5.67. The quantitative estimate of drug-likeness (QED) is 0.838. The van der Waals surface area contributed by atoms with Crippen LogP contribution in [0.25, 0.3) is 0 Å². The Balaban J connectivity index is 1.59. The fourth-order valence-electron chi connectivity index (χ4n) is 3.95. The zero-order valence-corrected chi connectivity index (χ0v) is 16.0. The molecule has 0 radical (unpaired) electrons. The molecule has 138 valence electrons. The Hall–Kier alpha value is -1.39. The maximum absolute atomic E-state index is 12.5. The van der Waals surface area contributed by atoms with Gasteiger partial charge in [0.25, 0.3) is 0 Å². The summed E-state index contributed by atoms with van der Waals surface area (Å²) in [6.45, 7) is 10.8. The van der Waals surface area contributed by atoms with Gasteiger partial charge < -0.3 is 9.64 Å². The third kappa shape index (κ3) is 4.62. The molecular formula is C21H32N2O2. The summed E-state index contributed by atoms with van der Waals surface area (Å²) in [7, 11) is 0. The van der Waals surface area contributed by atoms with Gasteiger partial charge in [0.2, 0.25) is 5.91 Å². The highest BCUT2D eigenvalue weighted by Crippen LogP contribution is 2.28. The second kappa shape index (κ2) is 8.33. The summed E-state index contributed by atoms with van der Waals surface area (Å²) < 4.78 is 6.13. The van der Waals surface area contributed by atoms with Gasteiger partial charge in [-0.2, -0.15) is 0 Å². The van der Waals surface area contributed by atoms with Gasteiger partial charge in [0.1, 0.15) is 0 Å². The van der Waals surface area contributed by atoms with Gasteiger partial charge in [0, 0.05) is 38.6 Å². The molecule has 0 bridgehead atoms. The molecule has 4 nitrogen and oxygen atoms in total. The van der Waals surface area contributed by atoms with Crippen molar-refractivity contribution in [2.75, 3.05) is 32.8 Å². The number of likely N-dealkylation sites (tertiary alicyclic amines) is 1. The van der Waals surface area contributed by atoms with E-state index in [2.05, 4.69) is 48.8 Å². The van der Waals surface area contributed by atoms with E-state index in [1.165, 1.54) is 23.1 Å². The van der Waals surface area contributed by atoms with E-state index in [9.17, 15) is 4.79 Å². The molecule has 25 heavy (non-hydrogen) atoms. The number of carbonyl (C=O) groups is 1. The summed E-state index contributed by atoms with van der Waals surface area (Å²) in [6, 6.07) is 6.94. The monoisotopic (exact) mass is 344 g/mol. The van der Waals surface area contributed by atoms with Crippen LogP contribution >= 0.6 is 0 Å². The number of morpholine rings is 1. The lowest BCUT2D eigenvalue weighted by Gasteiger charge is -2.39. The summed E-state index contributed by atoms with van der Waals surface area (Å²) in [5, 5.41) is 0. The molecule has 0 aromatic heterocycles. The molecule has 2 aliphatic heterocycles. The number of benzene rings is 1. The van der Waals surface area contributed by atoms with Crippen LogP contribution in [0.2, 0.25) is 0 Å². The first-order valence-corrected chi connectivity index (χ1v) is 9.75. The Morgan fingerprint density at radius 2 is 1.96 bits per heavy atom. The average molecular weight is 344 g/mol. The second-order valence-corrected chi connectivity index (χ2v) is 7.72. The van der Waals surface area contributed by atoms with E-state index in [0.717, 1.165) is 45.6 Å². The number of nitrogens with zero attached hydrogens (tertiary/aromatic N) is 2. The molecule has 2 heterocycles. The maximum Gasteiger partial charge on any atom is 0.223 e. The van der Waals surface area contributed by atoms with Gasteiger partial charge in [-0.15, -0.1) is 0 Å². The number of aryl methyl sites for hydroxylation is 2. The molecule has 2 unspecified atom stereocenters. The topological polar surface area (TPSA) is 32.8 Å². The molecule has 0 saturated carbocycles. The van der Waals surface area contributed by atoms with Crippen molar-refractivity contribution in [1.29, 1.82) is 0 Å². The summed E-state index contributed by atoms with van der Waals surface area (Å²) >= 11 is 0. The largest absolute Gasteiger partial charge is 0.371 e. The molecule has 1 aromatic carbocycles. The minimum Gasteiger partial charge on any atom is -0.371 e. The van der Waals surface area contributed by atoms with E-state index in [1.807, 2.05) is 0 Å². The Morgan fingerprint density at radius 3 is 2.72 bits per heavy atom. The molecule has 2 saturated heterocycles. The summed E-state index contributed by atoms with van der Waals surface area (Å²) in [5.74, 6) is 0.321. The SMILES string of the molecule is Cc1ccc(C)c(C2CN(CCC(=O)N3CCCCC3)C(C)CO2)c1. The number of hydrogen-bond acceptors (Lipinski definition) is 3. The Labute approximate surface area is 152 Å². The van der Waals surface area contributed by atoms with Crippen molar-refractivity contribution in [2.45, 2.75) is 58.6 Å². The first-order valence-electron chi connectivity index (χ1n) is 9.75. The average Bonchev–Trinajstić information content (AvgIpc) is 2.63. The lowest BCUT2D eigenvalue weighted by molar-refractivity contribution is -0.133. The highest BCUT2D eigenvalue weighted by Gasteiger charge is 2.28. The van der Waals surface area contributed by atoms with Crippen molar-refractivity contribution in [1.82, 2.24) is 9.80 Å². The van der Waals surface area contributed by atoms with Crippen LogP contribution in [0.5, 0.6) is 0 Å². The third-order valence-electron chi connectivity index (χ3n) is 5.67. The molecule has 2 aliphatic rings. The predicted molar refractivity (Wildman–Crippen MR) is 101 cm³/mol. The first kappa shape index (κ1) is 18.4. The van der Waals surface area contributed by atoms with E-state index in [4.69, 9.17) is 4.74 Å². The van der Waals surface area contributed by atoms with Crippen molar-refractivity contribution in [3.05, 3.63) is 34.9 Å². The molecule has 2 fully saturated rings. The maximum atomic E-state index is 12.5. The lowest BCUT2D eigenvalue weighted by atomic mass is 9.98. The summed E-state index contributed by atoms with van der Waals surface area (Å²) in [5.41, 5.74) is 3.85. The van der Waals surface area contributed by atoms with Crippen molar-refractivity contribution >= 4 is 5.91 Å². The number of amides is 1. The molecule has 3 rings (SSSR count). The lowest BCUT2D eigenvalue weighted by Crippen LogP contribution is -2.47. The van der Waals surface area contributed by atoms with Gasteiger partial charge in [0.15, 0.2) is 0 Å². The van der Waals surface area contributed by atoms with Crippen LogP contribution in [-0.4, -0.2) is 54.5 Å². The van der Waals surface area contributed by atoms with Crippen LogP contribution in [-0.2, 0) is 9.53 Å². The molecule has 1 amide bonds. The van der Waals surface area contributed by atoms with Crippen LogP contribution in [0, 0.1) is 13.8 Å². The molecule has 0 N–H and O–H groups in total. The van der Waals surface area contributed by atoms with Crippen molar-refractivity contribution in [3.8, 4) is 0 Å². The van der Waals surface area contributed by atoms with Gasteiger partial charge in [-0.25, -0.2) is 0 Å². The van der Waals surface area contributed by atoms with Crippen molar-refractivity contribution in [3.63, 3.8) is 0 Å². The van der Waals surface area contributed by atoms with E-state index in [-0.39, 0.29) is 6.10 Å². The van der Waals surface area contributed by atoms with E-state index in [0.29, 0.717) is 18.4 Å². The predicted octanol–water partition coefficient (Wildman–Crippen LogP) is 3.47. The summed E-state index contributed by atoms with van der Waals surface area (Å²) in [6.07, 6.45) is 4.33. The minimum atomic E-state index is 0.112. The van der Waals surface area contributed by atoms with Crippen LogP contribution < -0.4 is 0 Å². The first-order chi connectivity index (χ1) is 12.0. The summed E-state index contributed by atoms with van der Waals surface area (Å²) in [4.78, 5) is 16.9. The van der Waals surface area contributed by atoms with E-state index < -0.39 is 0 Å². The second-order valence-electron chi connectivity index (χ2n) is 7.72. The van der Waals surface area contributed by atoms with Crippen molar-refractivity contribution in [2.24, 2.45) is 0 Å². The molecule has 4 heteroatoms. The molecule has 2 atom stereocenters. The number of ether oxygens (including phenoxy) is 1. The Bertz CT molecular complexity index is 596. The van der Waals surface area contributed by atoms with Gasteiger partial charge >= 0.3 is 0 Å². The highest BCUT2D eigenvalue weighted by molar-refractivity contribution is 5.76. The number of hydrogen-bond donors (Lipinski definition) is 0. The van der Waals surface area contributed by atoms with Gasteiger partial charge in [-0.3, -0.25) is 9.69 Å². The smallest absolute Gasteiger partial charge is 0.223 e. The molecule has 0 aliphatic carbocycles. The highest BCUT2D eigenvalue weighted by atomic mass is 16.5. The Morgan fingerprint density at radius 1 is 1.20 bits per heavy atom. The van der Waals surface area contributed by atoms with Crippen LogP contribution in [0.1, 0.15) is 55.4 Å². The number of carbonyl (C=O) groups excluding carboxylic acids is 1. The van der Waals surface area contributed by atoms with Crippen LogP contribution in [0.3, 0.4) is 0 Å². The van der Waals surface area contributed by atoms with Gasteiger partial charge in [-0.05, 0) is 51.2 Å². The van der Waals surface area contributed by atoms with Crippen LogP contribution in [0.15, 0.2) is 18.2 Å². The zero-order chi connectivity index (χ0) is 17.8.